The highest BCUT2D eigenvalue weighted by atomic mass is 32.1. The number of anilines is 1. The molecule has 0 unspecified atom stereocenters. The maximum Gasteiger partial charge on any atom is 0.174 e. The number of nitrogens with zero attached hydrogens (tertiary/aromatic N) is 3. The monoisotopic (exact) mass is 428 g/mol. The topological polar surface area (TPSA) is 33.1 Å². The molecule has 2 atom stereocenters. The highest BCUT2D eigenvalue weighted by Gasteiger charge is 2.42. The molecule has 1 fully saturated rings. The van der Waals surface area contributed by atoms with Gasteiger partial charge < -0.3 is 14.8 Å². The Labute approximate surface area is 186 Å². The van der Waals surface area contributed by atoms with E-state index in [2.05, 4.69) is 46.4 Å². The normalized spacial score (nSPS) is 18.3. The number of aromatic nitrogens is 2. The summed E-state index contributed by atoms with van der Waals surface area (Å²) >= 11 is 5.79. The Balaban J connectivity index is 1.68. The van der Waals surface area contributed by atoms with Crippen LogP contribution in [0.25, 0.3) is 5.69 Å². The molecule has 0 spiro atoms. The molecule has 154 valence electrons. The van der Waals surface area contributed by atoms with Gasteiger partial charge in [-0.05, 0) is 79.3 Å². The zero-order chi connectivity index (χ0) is 21.4. The summed E-state index contributed by atoms with van der Waals surface area (Å²) in [5.74, 6) is -0.269. The lowest BCUT2D eigenvalue weighted by Gasteiger charge is -2.29. The second-order valence-corrected chi connectivity index (χ2v) is 8.01. The Morgan fingerprint density at radius 3 is 2.55 bits per heavy atom. The zero-order valence-electron chi connectivity index (χ0n) is 16.9. The van der Waals surface area contributed by atoms with Crippen LogP contribution in [0.4, 0.5) is 10.1 Å². The van der Waals surface area contributed by atoms with Crippen molar-refractivity contribution in [2.75, 3.05) is 4.90 Å². The van der Waals surface area contributed by atoms with Crippen molar-refractivity contribution in [1.82, 2.24) is 14.9 Å². The molecule has 1 aliphatic rings. The number of rotatable bonds is 4. The van der Waals surface area contributed by atoms with Crippen molar-refractivity contribution in [3.63, 3.8) is 0 Å². The first-order valence-corrected chi connectivity index (χ1v) is 10.5. The van der Waals surface area contributed by atoms with Gasteiger partial charge >= 0.3 is 0 Å². The minimum Gasteiger partial charge on any atom is -0.351 e. The highest BCUT2D eigenvalue weighted by Crippen LogP contribution is 2.42. The molecule has 31 heavy (non-hydrogen) atoms. The average molecular weight is 429 g/mol. The predicted molar refractivity (Wildman–Crippen MR) is 125 cm³/mol. The fraction of sp³-hybridized carbons (Fsp3) is 0.120. The van der Waals surface area contributed by atoms with E-state index in [4.69, 9.17) is 12.2 Å². The number of hydrogen-bond acceptors (Lipinski definition) is 2. The molecule has 5 rings (SSSR count). The number of thiocarbonyl (C=S) groups is 1. The first-order chi connectivity index (χ1) is 15.1. The second-order valence-electron chi connectivity index (χ2n) is 7.62. The van der Waals surface area contributed by atoms with Gasteiger partial charge in [0.2, 0.25) is 0 Å². The quantitative estimate of drug-likeness (QED) is 0.435. The lowest BCUT2D eigenvalue weighted by molar-refractivity contribution is 0.549. The summed E-state index contributed by atoms with van der Waals surface area (Å²) in [5.41, 5.74) is 4.82. The molecule has 0 radical (unpaired) electrons. The van der Waals surface area contributed by atoms with Crippen molar-refractivity contribution in [2.45, 2.75) is 19.0 Å². The van der Waals surface area contributed by atoms with Gasteiger partial charge in [-0.2, -0.15) is 0 Å². The van der Waals surface area contributed by atoms with Crippen LogP contribution in [0.2, 0.25) is 0 Å². The van der Waals surface area contributed by atoms with Gasteiger partial charge in [-0.1, -0.05) is 24.3 Å². The van der Waals surface area contributed by atoms with Gasteiger partial charge in [0.15, 0.2) is 5.11 Å². The molecule has 4 nitrogen and oxygen atoms in total. The van der Waals surface area contributed by atoms with Crippen LogP contribution < -0.4 is 10.2 Å². The van der Waals surface area contributed by atoms with Gasteiger partial charge in [0.1, 0.15) is 11.9 Å². The summed E-state index contributed by atoms with van der Waals surface area (Å²) < 4.78 is 16.0. The number of nitrogens with one attached hydrogen (secondary N) is 1. The maximum absolute atomic E-state index is 14.0. The maximum atomic E-state index is 14.0. The van der Waals surface area contributed by atoms with E-state index >= 15 is 0 Å². The van der Waals surface area contributed by atoms with E-state index in [1.165, 1.54) is 12.1 Å². The third kappa shape index (κ3) is 3.59. The summed E-state index contributed by atoms with van der Waals surface area (Å²) in [6.45, 7) is 2.07. The largest absolute Gasteiger partial charge is 0.351 e. The summed E-state index contributed by atoms with van der Waals surface area (Å²) in [4.78, 5) is 6.73. The highest BCUT2D eigenvalue weighted by molar-refractivity contribution is 7.80. The van der Waals surface area contributed by atoms with E-state index in [1.807, 2.05) is 47.2 Å². The molecular weight excluding hydrogens is 407 g/mol. The van der Waals surface area contributed by atoms with Crippen LogP contribution >= 0.6 is 12.2 Å². The van der Waals surface area contributed by atoms with Crippen LogP contribution in [0.1, 0.15) is 29.0 Å². The number of halogens is 1. The molecule has 1 saturated heterocycles. The van der Waals surface area contributed by atoms with Crippen LogP contribution in [-0.4, -0.2) is 14.7 Å². The van der Waals surface area contributed by atoms with Crippen molar-refractivity contribution in [1.29, 1.82) is 0 Å². The SMILES string of the molecule is Cc1cccc(N2C(=S)N[C@@H](c3ccccn3)[C@@H]2c2cccn2-c2cccc(F)c2)c1. The molecule has 0 bridgehead atoms. The van der Waals surface area contributed by atoms with Crippen LogP contribution in [0.15, 0.2) is 91.3 Å². The molecule has 4 aromatic rings. The first-order valence-electron chi connectivity index (χ1n) is 10.1. The fourth-order valence-corrected chi connectivity index (χ4v) is 4.55. The number of aryl methyl sites for hydroxylation is 1. The lowest BCUT2D eigenvalue weighted by atomic mass is 10.0. The molecule has 2 aromatic carbocycles. The van der Waals surface area contributed by atoms with Gasteiger partial charge in [0.25, 0.3) is 0 Å². The molecule has 0 aliphatic carbocycles. The Kier molecular flexibility index (Phi) is 5.00. The van der Waals surface area contributed by atoms with Crippen LogP contribution in [-0.2, 0) is 0 Å². The summed E-state index contributed by atoms with van der Waals surface area (Å²) in [5, 5.41) is 4.11. The zero-order valence-corrected chi connectivity index (χ0v) is 17.8. The number of benzene rings is 2. The fourth-order valence-electron chi connectivity index (χ4n) is 4.21. The van der Waals surface area contributed by atoms with E-state index in [1.54, 1.807) is 12.3 Å². The predicted octanol–water partition coefficient (Wildman–Crippen LogP) is 5.50. The number of pyridine rings is 1. The van der Waals surface area contributed by atoms with Gasteiger partial charge in [-0.25, -0.2) is 4.39 Å². The van der Waals surface area contributed by atoms with Gasteiger partial charge in [0.05, 0.1) is 11.7 Å². The molecule has 1 aliphatic heterocycles. The molecule has 6 heteroatoms. The van der Waals surface area contributed by atoms with Crippen LogP contribution in [0, 0.1) is 12.7 Å². The summed E-state index contributed by atoms with van der Waals surface area (Å²) in [6, 6.07) is 24.5. The molecule has 2 aromatic heterocycles. The van der Waals surface area contributed by atoms with Gasteiger partial charge in [-0.3, -0.25) is 4.98 Å². The third-order valence-corrected chi connectivity index (χ3v) is 5.86. The Morgan fingerprint density at radius 2 is 1.77 bits per heavy atom. The van der Waals surface area contributed by atoms with E-state index in [0.29, 0.717) is 5.11 Å². The van der Waals surface area contributed by atoms with Crippen molar-refractivity contribution in [3.05, 3.63) is 114 Å². The van der Waals surface area contributed by atoms with E-state index in [9.17, 15) is 4.39 Å². The average Bonchev–Trinajstić information content (AvgIpc) is 3.38. The molecule has 1 N–H and O–H groups in total. The molecule has 0 amide bonds. The summed E-state index contributed by atoms with van der Waals surface area (Å²) in [6.07, 6.45) is 3.74. The minimum absolute atomic E-state index is 0.156. The minimum atomic E-state index is -0.269. The van der Waals surface area contributed by atoms with Crippen LogP contribution in [0.3, 0.4) is 0 Å². The Hall–Kier alpha value is -3.51. The summed E-state index contributed by atoms with van der Waals surface area (Å²) in [7, 11) is 0. The number of hydrogen-bond donors (Lipinski definition) is 1. The second kappa shape index (κ2) is 7.96. The van der Waals surface area contributed by atoms with Crippen molar-refractivity contribution in [3.8, 4) is 5.69 Å². The molecule has 0 saturated carbocycles. The standard InChI is InChI=1S/C25H21FN4S/c1-17-7-4-10-20(15-17)30-24(23(28-25(30)31)21-11-2-3-13-27-21)22-12-6-14-29(22)19-9-5-8-18(26)16-19/h2-16,23-24H,1H3,(H,28,31)/t23-,24-/m0/s1. The van der Waals surface area contributed by atoms with E-state index < -0.39 is 0 Å². The first kappa shape index (κ1) is 19.5. The van der Waals surface area contributed by atoms with E-state index in [0.717, 1.165) is 28.3 Å². The molecule has 3 heterocycles. The van der Waals surface area contributed by atoms with Gasteiger partial charge in [0, 0.05) is 29.5 Å². The third-order valence-electron chi connectivity index (χ3n) is 5.55. The van der Waals surface area contributed by atoms with Crippen molar-refractivity contribution < 1.29 is 4.39 Å². The lowest BCUT2D eigenvalue weighted by Crippen LogP contribution is -2.30. The smallest absolute Gasteiger partial charge is 0.174 e. The van der Waals surface area contributed by atoms with Gasteiger partial charge in [-0.15, -0.1) is 0 Å². The van der Waals surface area contributed by atoms with Crippen molar-refractivity contribution >= 4 is 23.0 Å². The Morgan fingerprint density at radius 1 is 0.935 bits per heavy atom. The van der Waals surface area contributed by atoms with Crippen molar-refractivity contribution in [2.24, 2.45) is 0 Å². The van der Waals surface area contributed by atoms with Crippen LogP contribution in [0.5, 0.6) is 0 Å². The Bertz CT molecular complexity index is 1240. The molecular formula is C25H21FN4S. The van der Waals surface area contributed by atoms with E-state index in [-0.39, 0.29) is 17.9 Å².